The van der Waals surface area contributed by atoms with Crippen LogP contribution in [0, 0.1) is 0 Å². The van der Waals surface area contributed by atoms with Gasteiger partial charge in [0.1, 0.15) is 43.2 Å². The molecule has 0 bridgehead atoms. The predicted octanol–water partition coefficient (Wildman–Crippen LogP) is -1.39. The Labute approximate surface area is 137 Å². The van der Waals surface area contributed by atoms with Gasteiger partial charge in [-0.1, -0.05) is 0 Å². The minimum absolute atomic E-state index is 0.510. The first-order valence-corrected chi connectivity index (χ1v) is 7.42. The van der Waals surface area contributed by atoms with Crippen molar-refractivity contribution in [3.63, 3.8) is 0 Å². The number of aromatic nitrogens is 6. The number of hydrogen-bond acceptors (Lipinski definition) is 8. The summed E-state index contributed by atoms with van der Waals surface area (Å²) in [4.78, 5) is 27.0. The van der Waals surface area contributed by atoms with E-state index in [0.29, 0.717) is 43.2 Å². The molecule has 0 unspecified atom stereocenters. The molecule has 10 heteroatoms. The number of thiol groups is 2. The van der Waals surface area contributed by atoms with Crippen LogP contribution >= 0.6 is 25.3 Å². The summed E-state index contributed by atoms with van der Waals surface area (Å²) < 4.78 is 0. The lowest BCUT2D eigenvalue weighted by molar-refractivity contribution is 1.12. The Morgan fingerprint density at radius 2 is 1.27 bits per heavy atom. The number of rotatable bonds is 0. The van der Waals surface area contributed by atoms with Crippen LogP contribution in [0.2, 0.25) is 0 Å². The van der Waals surface area contributed by atoms with E-state index in [4.69, 9.17) is 0 Å². The van der Waals surface area contributed by atoms with Crippen LogP contribution in [0.5, 0.6) is 0 Å². The molecule has 0 fully saturated rings. The second kappa shape index (κ2) is 4.79. The maximum Gasteiger partial charge on any atom is 0.167 e. The number of hydrogen-bond donors (Lipinski definition) is 2. The Kier molecular flexibility index (Phi) is 2.98. The average Bonchev–Trinajstić information content (AvgIpc) is 2.49. The summed E-state index contributed by atoms with van der Waals surface area (Å²) in [6.07, 6.45) is 3.29. The highest BCUT2D eigenvalue weighted by molar-refractivity contribution is 7.80. The Morgan fingerprint density at radius 3 is 2.05 bits per heavy atom. The van der Waals surface area contributed by atoms with Crippen molar-refractivity contribution in [2.24, 2.45) is 0 Å². The number of fused-ring (bicyclic) bond motifs is 6. The highest BCUT2D eigenvalue weighted by atomic mass is 32.1. The predicted molar refractivity (Wildman–Crippen MR) is 96.6 cm³/mol. The van der Waals surface area contributed by atoms with Gasteiger partial charge in [-0.05, 0) is 0 Å². The van der Waals surface area contributed by atoms with Gasteiger partial charge in [0.05, 0.1) is 6.20 Å². The molecule has 0 aliphatic heterocycles. The zero-order valence-corrected chi connectivity index (χ0v) is 13.5. The second-order valence-electron chi connectivity index (χ2n) is 4.96. The maximum atomic E-state index is 4.59. The topological polar surface area (TPSA) is 77.3 Å². The Balaban J connectivity index is 2.39. The minimum Gasteiger partial charge on any atom is -0.258 e. The van der Waals surface area contributed by atoms with E-state index in [0.717, 1.165) is 11.2 Å². The lowest BCUT2D eigenvalue weighted by atomic mass is 10.0. The van der Waals surface area contributed by atoms with Crippen molar-refractivity contribution in [3.05, 3.63) is 12.4 Å². The van der Waals surface area contributed by atoms with Crippen molar-refractivity contribution in [1.82, 2.24) is 29.9 Å². The van der Waals surface area contributed by atoms with E-state index in [1.807, 2.05) is 15.7 Å². The van der Waals surface area contributed by atoms with Crippen LogP contribution in [-0.2, 0) is 0 Å². The molecule has 0 saturated heterocycles. The van der Waals surface area contributed by atoms with Crippen molar-refractivity contribution in [3.8, 4) is 0 Å². The molecule has 0 aliphatic carbocycles. The van der Waals surface area contributed by atoms with Gasteiger partial charge >= 0.3 is 0 Å². The van der Waals surface area contributed by atoms with Crippen molar-refractivity contribution in [2.45, 2.75) is 10.1 Å². The van der Waals surface area contributed by atoms with Gasteiger partial charge in [-0.25, -0.2) is 15.0 Å². The molecule has 3 aromatic heterocycles. The zero-order chi connectivity index (χ0) is 15.4. The fraction of sp³-hybridized carbons (Fsp3) is 0. The molecule has 104 valence electrons. The molecular weight excluding hydrogens is 314 g/mol. The molecule has 22 heavy (non-hydrogen) atoms. The van der Waals surface area contributed by atoms with E-state index < -0.39 is 0 Å². The first-order chi connectivity index (χ1) is 10.5. The average molecular weight is 322 g/mol. The van der Waals surface area contributed by atoms with Gasteiger partial charge in [0, 0.05) is 17.4 Å². The van der Waals surface area contributed by atoms with E-state index in [-0.39, 0.29) is 0 Å². The fourth-order valence-corrected chi connectivity index (χ4v) is 2.68. The first kappa shape index (κ1) is 13.7. The summed E-state index contributed by atoms with van der Waals surface area (Å²) >= 11 is 8.63. The van der Waals surface area contributed by atoms with Gasteiger partial charge in [-0.15, -0.1) is 25.3 Å². The summed E-state index contributed by atoms with van der Waals surface area (Å²) in [6.45, 7) is 0. The molecular formula is C12H8B2N6S2. The maximum absolute atomic E-state index is 4.59. The summed E-state index contributed by atoms with van der Waals surface area (Å²) in [5, 5.41) is 1.07. The van der Waals surface area contributed by atoms with Crippen LogP contribution in [0.1, 0.15) is 0 Å². The van der Waals surface area contributed by atoms with E-state index in [1.165, 1.54) is 0 Å². The highest BCUT2D eigenvalue weighted by Crippen LogP contribution is 2.28. The van der Waals surface area contributed by atoms with Gasteiger partial charge < -0.3 is 0 Å². The molecule has 0 atom stereocenters. The Hall–Kier alpha value is -1.93. The van der Waals surface area contributed by atoms with Gasteiger partial charge in [0.25, 0.3) is 0 Å². The minimum atomic E-state index is 0.510. The van der Waals surface area contributed by atoms with Crippen LogP contribution in [0.4, 0.5) is 0 Å². The molecule has 3 heterocycles. The van der Waals surface area contributed by atoms with E-state index >= 15 is 0 Å². The molecule has 6 nitrogen and oxygen atoms in total. The van der Waals surface area contributed by atoms with Gasteiger partial charge in [-0.3, -0.25) is 15.0 Å². The van der Waals surface area contributed by atoms with Crippen LogP contribution in [0.3, 0.4) is 0 Å². The summed E-state index contributed by atoms with van der Waals surface area (Å²) in [6, 6.07) is 0. The van der Waals surface area contributed by atoms with Crippen molar-refractivity contribution in [2.75, 3.05) is 0 Å². The van der Waals surface area contributed by atoms with Crippen molar-refractivity contribution in [1.29, 1.82) is 0 Å². The Bertz CT molecular complexity index is 1000. The lowest BCUT2D eigenvalue weighted by Crippen LogP contribution is -2.15. The third-order valence-corrected chi connectivity index (χ3v) is 4.01. The number of nitrogens with zero attached hydrogens (tertiary/aromatic N) is 6. The highest BCUT2D eigenvalue weighted by Gasteiger charge is 2.16. The molecule has 0 amide bonds. The van der Waals surface area contributed by atoms with E-state index in [9.17, 15) is 0 Å². The largest absolute Gasteiger partial charge is 0.258 e. The van der Waals surface area contributed by atoms with Crippen LogP contribution < -0.4 is 11.2 Å². The van der Waals surface area contributed by atoms with Crippen molar-refractivity contribution >= 4 is 85.2 Å². The molecule has 0 spiro atoms. The molecule has 4 aromatic rings. The SMILES string of the molecule is Bc1cnc2c3ncc(S)nc3c3nc(S)c(B)nc3c2n1. The standard InChI is InChI=1S/C12H8B2N6S2/c13-3-1-15-5-6-8(18-4(21)2-16-6)10-9(7(5)17-3)19-11(14)12(22)20-10/h1-2H,13-14H2,(H,18,21)(H,20,22). The normalized spacial score (nSPS) is 11.5. The van der Waals surface area contributed by atoms with Crippen molar-refractivity contribution < 1.29 is 0 Å². The van der Waals surface area contributed by atoms with Crippen LogP contribution in [-0.4, -0.2) is 45.6 Å². The summed E-state index contributed by atoms with van der Waals surface area (Å²) in [7, 11) is 3.74. The van der Waals surface area contributed by atoms with Gasteiger partial charge in [-0.2, -0.15) is 0 Å². The monoisotopic (exact) mass is 322 g/mol. The molecule has 0 aliphatic rings. The van der Waals surface area contributed by atoms with E-state index in [2.05, 4.69) is 55.2 Å². The third-order valence-electron chi connectivity index (χ3n) is 3.37. The molecule has 0 saturated carbocycles. The van der Waals surface area contributed by atoms with Gasteiger partial charge in [0.2, 0.25) is 0 Å². The molecule has 1 aromatic carbocycles. The number of benzene rings is 1. The zero-order valence-electron chi connectivity index (χ0n) is 11.7. The smallest absolute Gasteiger partial charge is 0.167 e. The molecule has 0 radical (unpaired) electrons. The summed E-state index contributed by atoms with van der Waals surface area (Å²) in [5.74, 6) is 0. The third kappa shape index (κ3) is 1.94. The van der Waals surface area contributed by atoms with Crippen LogP contribution in [0.25, 0.3) is 33.1 Å². The van der Waals surface area contributed by atoms with Gasteiger partial charge in [0.15, 0.2) is 15.7 Å². The summed E-state index contributed by atoms with van der Waals surface area (Å²) in [5.41, 5.74) is 5.39. The Morgan fingerprint density at radius 1 is 0.682 bits per heavy atom. The second-order valence-corrected chi connectivity index (χ2v) is 5.85. The fourth-order valence-electron chi connectivity index (χ4n) is 2.37. The van der Waals surface area contributed by atoms with Crippen LogP contribution in [0.15, 0.2) is 22.4 Å². The quantitative estimate of drug-likeness (QED) is 0.236. The first-order valence-electron chi connectivity index (χ1n) is 6.53. The molecule has 4 rings (SSSR count). The lowest BCUT2D eigenvalue weighted by Gasteiger charge is -2.09. The molecule has 0 N–H and O–H groups in total. The van der Waals surface area contributed by atoms with E-state index in [1.54, 1.807) is 12.4 Å².